The summed E-state index contributed by atoms with van der Waals surface area (Å²) in [5.74, 6) is 0.588. The Balaban J connectivity index is 1.95. The van der Waals surface area contributed by atoms with Crippen LogP contribution in [0.25, 0.3) is 0 Å². The zero-order valence-corrected chi connectivity index (χ0v) is 12.6. The first-order valence-corrected chi connectivity index (χ1v) is 7.27. The second kappa shape index (κ2) is 6.93. The molecule has 0 aliphatic heterocycles. The van der Waals surface area contributed by atoms with Gasteiger partial charge in [-0.1, -0.05) is 50.2 Å². The molecule has 3 N–H and O–H groups in total. The van der Waals surface area contributed by atoms with Gasteiger partial charge in [-0.15, -0.1) is 0 Å². The number of amides is 1. The number of carbonyl (C=O) groups is 1. The van der Waals surface area contributed by atoms with E-state index in [1.165, 1.54) is 5.56 Å². The van der Waals surface area contributed by atoms with Crippen molar-refractivity contribution in [3.8, 4) is 0 Å². The summed E-state index contributed by atoms with van der Waals surface area (Å²) in [6, 6.07) is 15.5. The largest absolute Gasteiger partial charge is 0.397 e. The van der Waals surface area contributed by atoms with Crippen LogP contribution in [-0.4, -0.2) is 5.91 Å². The van der Waals surface area contributed by atoms with E-state index in [1.807, 2.05) is 24.3 Å². The number of carbonyl (C=O) groups excluding carboxylic acids is 1. The van der Waals surface area contributed by atoms with Gasteiger partial charge in [0.25, 0.3) is 0 Å². The number of para-hydroxylation sites is 2. The predicted octanol–water partition coefficient (Wildman–Crippen LogP) is 3.65. The molecule has 110 valence electrons. The maximum atomic E-state index is 12.0. The molecule has 0 saturated heterocycles. The molecule has 2 aromatic rings. The van der Waals surface area contributed by atoms with Crippen molar-refractivity contribution in [3.63, 3.8) is 0 Å². The summed E-state index contributed by atoms with van der Waals surface area (Å²) in [7, 11) is 0. The second-order valence-corrected chi connectivity index (χ2v) is 5.73. The molecule has 0 spiro atoms. The Morgan fingerprint density at radius 3 is 2.29 bits per heavy atom. The Kier molecular flexibility index (Phi) is 4.99. The molecule has 21 heavy (non-hydrogen) atoms. The highest BCUT2D eigenvalue weighted by molar-refractivity contribution is 5.95. The van der Waals surface area contributed by atoms with Gasteiger partial charge in [-0.2, -0.15) is 0 Å². The van der Waals surface area contributed by atoms with Crippen LogP contribution in [0.1, 0.15) is 25.0 Å². The van der Waals surface area contributed by atoms with Crippen LogP contribution in [0, 0.1) is 5.92 Å². The van der Waals surface area contributed by atoms with Gasteiger partial charge in [0.05, 0.1) is 17.8 Å². The quantitative estimate of drug-likeness (QED) is 0.822. The van der Waals surface area contributed by atoms with Crippen molar-refractivity contribution in [1.82, 2.24) is 0 Å². The van der Waals surface area contributed by atoms with E-state index in [4.69, 9.17) is 5.73 Å². The van der Waals surface area contributed by atoms with E-state index >= 15 is 0 Å². The zero-order chi connectivity index (χ0) is 15.2. The van der Waals surface area contributed by atoms with Gasteiger partial charge in [-0.3, -0.25) is 4.79 Å². The zero-order valence-electron chi connectivity index (χ0n) is 12.6. The van der Waals surface area contributed by atoms with Crippen molar-refractivity contribution >= 4 is 17.3 Å². The summed E-state index contributed by atoms with van der Waals surface area (Å²) in [4.78, 5) is 12.0. The summed E-state index contributed by atoms with van der Waals surface area (Å²) >= 11 is 0. The van der Waals surface area contributed by atoms with Crippen molar-refractivity contribution in [2.24, 2.45) is 5.92 Å². The molecule has 0 aliphatic carbocycles. The average molecular weight is 282 g/mol. The van der Waals surface area contributed by atoms with Crippen LogP contribution in [-0.2, 0) is 17.6 Å². The number of nitrogens with one attached hydrogen (secondary N) is 1. The minimum Gasteiger partial charge on any atom is -0.397 e. The van der Waals surface area contributed by atoms with Gasteiger partial charge in [0, 0.05) is 0 Å². The first-order chi connectivity index (χ1) is 10.0. The number of hydrogen-bond acceptors (Lipinski definition) is 2. The molecule has 0 unspecified atom stereocenters. The molecule has 0 radical (unpaired) electrons. The molecule has 3 heteroatoms. The highest BCUT2D eigenvalue weighted by atomic mass is 16.1. The SMILES string of the molecule is CC(C)Cc1ccc(CC(=O)Nc2ccccc2N)cc1. The maximum absolute atomic E-state index is 12.0. The Labute approximate surface area is 126 Å². The van der Waals surface area contributed by atoms with Crippen molar-refractivity contribution in [1.29, 1.82) is 0 Å². The maximum Gasteiger partial charge on any atom is 0.228 e. The summed E-state index contributed by atoms with van der Waals surface area (Å²) in [5.41, 5.74) is 9.38. The number of hydrogen-bond donors (Lipinski definition) is 2. The molecule has 0 saturated carbocycles. The monoisotopic (exact) mass is 282 g/mol. The van der Waals surface area contributed by atoms with Crippen LogP contribution in [0.5, 0.6) is 0 Å². The molecular formula is C18H22N2O. The fourth-order valence-corrected chi connectivity index (χ4v) is 2.26. The van der Waals surface area contributed by atoms with Crippen molar-refractivity contribution in [2.45, 2.75) is 26.7 Å². The third kappa shape index (κ3) is 4.63. The van der Waals surface area contributed by atoms with E-state index in [0.29, 0.717) is 23.7 Å². The molecule has 2 rings (SSSR count). The van der Waals surface area contributed by atoms with Gasteiger partial charge in [-0.25, -0.2) is 0 Å². The first-order valence-electron chi connectivity index (χ1n) is 7.27. The van der Waals surface area contributed by atoms with E-state index in [1.54, 1.807) is 12.1 Å². The lowest BCUT2D eigenvalue weighted by atomic mass is 10.0. The van der Waals surface area contributed by atoms with E-state index in [-0.39, 0.29) is 5.91 Å². The molecule has 1 amide bonds. The van der Waals surface area contributed by atoms with Gasteiger partial charge < -0.3 is 11.1 Å². The summed E-state index contributed by atoms with van der Waals surface area (Å²) in [6.07, 6.45) is 1.42. The summed E-state index contributed by atoms with van der Waals surface area (Å²) < 4.78 is 0. The van der Waals surface area contributed by atoms with E-state index in [2.05, 4.69) is 31.3 Å². The second-order valence-electron chi connectivity index (χ2n) is 5.73. The Bertz CT molecular complexity index is 603. The first kappa shape index (κ1) is 15.1. The van der Waals surface area contributed by atoms with E-state index < -0.39 is 0 Å². The third-order valence-electron chi connectivity index (χ3n) is 3.27. The van der Waals surface area contributed by atoms with Crippen molar-refractivity contribution in [2.75, 3.05) is 11.1 Å². The van der Waals surface area contributed by atoms with Gasteiger partial charge in [-0.05, 0) is 35.6 Å². The van der Waals surface area contributed by atoms with Crippen LogP contribution in [0.4, 0.5) is 11.4 Å². The minimum absolute atomic E-state index is 0.0514. The number of anilines is 2. The Morgan fingerprint density at radius 1 is 1.05 bits per heavy atom. The van der Waals surface area contributed by atoms with Crippen LogP contribution in [0.3, 0.4) is 0 Å². The van der Waals surface area contributed by atoms with Gasteiger partial charge >= 0.3 is 0 Å². The highest BCUT2D eigenvalue weighted by Crippen LogP contribution is 2.17. The van der Waals surface area contributed by atoms with Crippen molar-refractivity contribution in [3.05, 3.63) is 59.7 Å². The lowest BCUT2D eigenvalue weighted by Crippen LogP contribution is -2.15. The fourth-order valence-electron chi connectivity index (χ4n) is 2.26. The topological polar surface area (TPSA) is 55.1 Å². The minimum atomic E-state index is -0.0514. The van der Waals surface area contributed by atoms with Crippen LogP contribution >= 0.6 is 0 Å². The van der Waals surface area contributed by atoms with Crippen molar-refractivity contribution < 1.29 is 4.79 Å². The fraction of sp³-hybridized carbons (Fsp3) is 0.278. The predicted molar refractivity (Wildman–Crippen MR) is 88.2 cm³/mol. The highest BCUT2D eigenvalue weighted by Gasteiger charge is 2.06. The number of rotatable bonds is 5. The molecule has 0 atom stereocenters. The standard InChI is InChI=1S/C18H22N2O/c1-13(2)11-14-7-9-15(10-8-14)12-18(21)20-17-6-4-3-5-16(17)19/h3-10,13H,11-12,19H2,1-2H3,(H,20,21). The van der Waals surface area contributed by atoms with Gasteiger partial charge in [0.15, 0.2) is 0 Å². The number of nitrogens with two attached hydrogens (primary N) is 1. The molecule has 0 aliphatic rings. The molecular weight excluding hydrogens is 260 g/mol. The smallest absolute Gasteiger partial charge is 0.228 e. The summed E-state index contributed by atoms with van der Waals surface area (Å²) in [5, 5.41) is 2.84. The molecule has 0 heterocycles. The summed E-state index contributed by atoms with van der Waals surface area (Å²) in [6.45, 7) is 4.40. The number of benzene rings is 2. The Morgan fingerprint density at radius 2 is 1.67 bits per heavy atom. The van der Waals surface area contributed by atoms with Gasteiger partial charge in [0.2, 0.25) is 5.91 Å². The lowest BCUT2D eigenvalue weighted by molar-refractivity contribution is -0.115. The van der Waals surface area contributed by atoms with Crippen LogP contribution in [0.15, 0.2) is 48.5 Å². The molecule has 0 bridgehead atoms. The Hall–Kier alpha value is -2.29. The lowest BCUT2D eigenvalue weighted by Gasteiger charge is -2.09. The normalized spacial score (nSPS) is 10.6. The molecule has 2 aromatic carbocycles. The third-order valence-corrected chi connectivity index (χ3v) is 3.27. The number of nitrogen functional groups attached to an aromatic ring is 1. The molecule has 0 fully saturated rings. The molecule has 3 nitrogen and oxygen atoms in total. The van der Waals surface area contributed by atoms with Gasteiger partial charge in [0.1, 0.15) is 0 Å². The van der Waals surface area contributed by atoms with E-state index in [0.717, 1.165) is 12.0 Å². The molecule has 0 aromatic heterocycles. The average Bonchev–Trinajstić information content (AvgIpc) is 2.43. The van der Waals surface area contributed by atoms with E-state index in [9.17, 15) is 4.79 Å². The van der Waals surface area contributed by atoms with Crippen LogP contribution < -0.4 is 11.1 Å². The van der Waals surface area contributed by atoms with Crippen LogP contribution in [0.2, 0.25) is 0 Å².